The summed E-state index contributed by atoms with van der Waals surface area (Å²) >= 11 is 0. The number of hydrogen-bond acceptors (Lipinski definition) is 5. The second kappa shape index (κ2) is 8.90. The Kier molecular flexibility index (Phi) is 6.17. The smallest absolute Gasteiger partial charge is 0.274 e. The van der Waals surface area contributed by atoms with E-state index in [2.05, 4.69) is 58.0 Å². The first-order valence-electron chi connectivity index (χ1n) is 13.5. The number of carbonyl (C=O) groups excluding carboxylic acids is 2. The second-order valence-corrected chi connectivity index (χ2v) is 13.1. The molecule has 8 heteroatoms. The van der Waals surface area contributed by atoms with Gasteiger partial charge in [-0.25, -0.2) is 9.50 Å². The second-order valence-electron chi connectivity index (χ2n) is 13.1. The van der Waals surface area contributed by atoms with E-state index in [9.17, 15) is 14.7 Å². The van der Waals surface area contributed by atoms with Crippen molar-refractivity contribution in [3.8, 4) is 11.3 Å². The van der Waals surface area contributed by atoms with Crippen molar-refractivity contribution in [3.05, 3.63) is 53.3 Å². The third-order valence-electron chi connectivity index (χ3n) is 7.98. The van der Waals surface area contributed by atoms with Crippen LogP contribution < -0.4 is 0 Å². The summed E-state index contributed by atoms with van der Waals surface area (Å²) in [5.74, 6) is -0.214. The minimum absolute atomic E-state index is 0.0760. The van der Waals surface area contributed by atoms with Crippen LogP contribution in [0.2, 0.25) is 0 Å². The molecule has 202 valence electrons. The van der Waals surface area contributed by atoms with Gasteiger partial charge in [0, 0.05) is 36.7 Å². The van der Waals surface area contributed by atoms with Gasteiger partial charge >= 0.3 is 0 Å². The molecule has 1 saturated carbocycles. The highest BCUT2D eigenvalue weighted by molar-refractivity contribution is 5.94. The third kappa shape index (κ3) is 4.82. The molecule has 0 unspecified atom stereocenters. The minimum atomic E-state index is -0.740. The molecule has 5 rings (SSSR count). The zero-order chi connectivity index (χ0) is 27.6. The maximum atomic E-state index is 13.8. The van der Waals surface area contributed by atoms with Crippen LogP contribution in [0.5, 0.6) is 0 Å². The summed E-state index contributed by atoms with van der Waals surface area (Å²) in [7, 11) is 0. The van der Waals surface area contributed by atoms with Crippen LogP contribution in [-0.2, 0) is 10.2 Å². The Balaban J connectivity index is 1.42. The molecule has 3 aromatic rings. The summed E-state index contributed by atoms with van der Waals surface area (Å²) in [4.78, 5) is 35.3. The van der Waals surface area contributed by atoms with Gasteiger partial charge in [0.05, 0.1) is 23.0 Å². The molecule has 1 aliphatic heterocycles. The van der Waals surface area contributed by atoms with E-state index in [4.69, 9.17) is 10.1 Å². The summed E-state index contributed by atoms with van der Waals surface area (Å²) in [6, 6.07) is 10.3. The van der Waals surface area contributed by atoms with Gasteiger partial charge in [0.15, 0.2) is 5.65 Å². The number of fused-ring (bicyclic) bond motifs is 1. The molecule has 0 atom stereocenters. The van der Waals surface area contributed by atoms with E-state index < -0.39 is 11.1 Å². The Morgan fingerprint density at radius 1 is 1.05 bits per heavy atom. The van der Waals surface area contributed by atoms with Crippen molar-refractivity contribution in [2.75, 3.05) is 19.6 Å². The van der Waals surface area contributed by atoms with Gasteiger partial charge in [0.2, 0.25) is 5.91 Å². The Hall–Kier alpha value is -3.26. The highest BCUT2D eigenvalue weighted by Crippen LogP contribution is 2.39. The predicted octanol–water partition coefficient (Wildman–Crippen LogP) is 4.23. The van der Waals surface area contributed by atoms with Gasteiger partial charge in [-0.1, -0.05) is 50.6 Å². The Morgan fingerprint density at radius 3 is 2.29 bits per heavy atom. The molecule has 38 heavy (non-hydrogen) atoms. The van der Waals surface area contributed by atoms with Gasteiger partial charge in [-0.15, -0.1) is 0 Å². The fourth-order valence-electron chi connectivity index (χ4n) is 5.79. The number of carbonyl (C=O) groups is 2. The van der Waals surface area contributed by atoms with Crippen molar-refractivity contribution >= 4 is 17.5 Å². The fourth-order valence-corrected chi connectivity index (χ4v) is 5.79. The van der Waals surface area contributed by atoms with Crippen LogP contribution in [-0.4, -0.2) is 72.1 Å². The van der Waals surface area contributed by atoms with Gasteiger partial charge in [-0.2, -0.15) is 5.10 Å². The molecule has 3 heterocycles. The number of aryl methyl sites for hydroxylation is 1. The molecule has 8 nitrogen and oxygen atoms in total. The van der Waals surface area contributed by atoms with Crippen LogP contribution in [0.25, 0.3) is 16.9 Å². The van der Waals surface area contributed by atoms with Gasteiger partial charge < -0.3 is 14.9 Å². The van der Waals surface area contributed by atoms with Crippen molar-refractivity contribution in [1.82, 2.24) is 24.4 Å². The zero-order valence-electron chi connectivity index (χ0n) is 23.6. The Bertz CT molecular complexity index is 1390. The van der Waals surface area contributed by atoms with Crippen molar-refractivity contribution in [2.45, 2.75) is 77.9 Å². The summed E-state index contributed by atoms with van der Waals surface area (Å²) in [6.45, 7) is 15.6. The molecule has 1 aliphatic carbocycles. The average Bonchev–Trinajstić information content (AvgIpc) is 3.24. The van der Waals surface area contributed by atoms with Gasteiger partial charge in [-0.3, -0.25) is 9.59 Å². The number of amides is 2. The lowest BCUT2D eigenvalue weighted by atomic mass is 9.71. The molecule has 2 aliphatic rings. The fraction of sp³-hybridized carbons (Fsp3) is 0.533. The lowest BCUT2D eigenvalue weighted by molar-refractivity contribution is -0.153. The molecule has 0 radical (unpaired) electrons. The molecule has 2 amide bonds. The first-order valence-corrected chi connectivity index (χ1v) is 13.5. The summed E-state index contributed by atoms with van der Waals surface area (Å²) in [5.41, 5.74) is 3.59. The largest absolute Gasteiger partial charge is 0.390 e. The highest BCUT2D eigenvalue weighted by atomic mass is 16.3. The molecule has 2 fully saturated rings. The first-order chi connectivity index (χ1) is 17.6. The number of benzene rings is 1. The number of aliphatic hydroxyl groups is 1. The van der Waals surface area contributed by atoms with E-state index in [0.717, 1.165) is 16.8 Å². The zero-order valence-corrected chi connectivity index (χ0v) is 23.6. The van der Waals surface area contributed by atoms with Crippen LogP contribution in [0, 0.1) is 12.8 Å². The van der Waals surface area contributed by atoms with Crippen LogP contribution >= 0.6 is 0 Å². The van der Waals surface area contributed by atoms with Crippen LogP contribution in [0.15, 0.2) is 36.5 Å². The number of nitrogens with zero attached hydrogens (tertiary/aromatic N) is 5. The van der Waals surface area contributed by atoms with Gasteiger partial charge in [0.1, 0.15) is 5.69 Å². The van der Waals surface area contributed by atoms with E-state index in [1.807, 2.05) is 23.6 Å². The van der Waals surface area contributed by atoms with E-state index in [1.54, 1.807) is 17.6 Å². The van der Waals surface area contributed by atoms with Crippen LogP contribution in [0.3, 0.4) is 0 Å². The molecule has 1 saturated heterocycles. The average molecular weight is 518 g/mol. The molecule has 1 aromatic carbocycles. The summed E-state index contributed by atoms with van der Waals surface area (Å²) in [5, 5.41) is 14.9. The SMILES string of the molecule is Cc1ccc(-c2cc(C(C)(C)C)c3nc(C(=O)N4CCN(C(=O)[C@H]5C[C@@](C)(O)C5)CC4(C)C)cn3n2)cc1. The topological polar surface area (TPSA) is 91.0 Å². The number of rotatable bonds is 3. The maximum Gasteiger partial charge on any atom is 0.274 e. The van der Waals surface area contributed by atoms with E-state index in [-0.39, 0.29) is 23.1 Å². The minimum Gasteiger partial charge on any atom is -0.390 e. The monoisotopic (exact) mass is 517 g/mol. The first kappa shape index (κ1) is 26.4. The molecule has 0 spiro atoms. The van der Waals surface area contributed by atoms with E-state index >= 15 is 0 Å². The molecular formula is C30H39N5O3. The maximum absolute atomic E-state index is 13.8. The van der Waals surface area contributed by atoms with E-state index in [0.29, 0.717) is 43.8 Å². The Labute approximate surface area is 224 Å². The van der Waals surface area contributed by atoms with Gasteiger partial charge in [0.25, 0.3) is 5.91 Å². The van der Waals surface area contributed by atoms with Crippen LogP contribution in [0.4, 0.5) is 0 Å². The normalized spacial score (nSPS) is 23.4. The van der Waals surface area contributed by atoms with Crippen LogP contribution in [0.1, 0.15) is 76.0 Å². The van der Waals surface area contributed by atoms with Crippen molar-refractivity contribution in [3.63, 3.8) is 0 Å². The third-order valence-corrected chi connectivity index (χ3v) is 7.98. The molecular weight excluding hydrogens is 478 g/mol. The Morgan fingerprint density at radius 2 is 1.71 bits per heavy atom. The lowest BCUT2D eigenvalue weighted by Crippen LogP contribution is -2.63. The van der Waals surface area contributed by atoms with Crippen molar-refractivity contribution in [2.24, 2.45) is 5.92 Å². The number of aromatic nitrogens is 3. The quantitative estimate of drug-likeness (QED) is 0.562. The predicted molar refractivity (Wildman–Crippen MR) is 147 cm³/mol. The van der Waals surface area contributed by atoms with Crippen molar-refractivity contribution < 1.29 is 14.7 Å². The summed E-state index contributed by atoms with van der Waals surface area (Å²) in [6.07, 6.45) is 2.73. The highest BCUT2D eigenvalue weighted by Gasteiger charge is 2.47. The number of imidazole rings is 1. The summed E-state index contributed by atoms with van der Waals surface area (Å²) < 4.78 is 1.73. The standard InChI is InChI=1S/C30H39N5O3/c1-19-8-10-20(11-9-19)23-14-22(28(2,3)4)25-31-24(17-35(25)32-23)27(37)34-13-12-33(18-29(34,5)6)26(36)21-15-30(7,38)16-21/h8-11,14,17,21,38H,12-13,15-16,18H2,1-7H3/t21-,30+. The van der Waals surface area contributed by atoms with Gasteiger partial charge in [-0.05, 0) is 52.0 Å². The lowest BCUT2D eigenvalue weighted by Gasteiger charge is -2.49. The van der Waals surface area contributed by atoms with E-state index in [1.165, 1.54) is 5.56 Å². The van der Waals surface area contributed by atoms with Crippen molar-refractivity contribution in [1.29, 1.82) is 0 Å². The molecule has 0 bridgehead atoms. The molecule has 1 N–H and O–H groups in total. The number of piperazine rings is 1. The number of hydrogen-bond donors (Lipinski definition) is 1. The molecule has 2 aromatic heterocycles.